The normalized spacial score (nSPS) is 18.5. The van der Waals surface area contributed by atoms with Gasteiger partial charge in [-0.3, -0.25) is 4.79 Å². The van der Waals surface area contributed by atoms with Crippen LogP contribution in [-0.4, -0.2) is 60.9 Å². The molecule has 4 rings (SSSR count). The largest absolute Gasteiger partial charge is 0.454 e. The molecule has 0 aliphatic carbocycles. The van der Waals surface area contributed by atoms with E-state index in [4.69, 9.17) is 14.5 Å². The second-order valence-electron chi connectivity index (χ2n) is 7.53. The Balaban J connectivity index is 1.70. The van der Waals surface area contributed by atoms with Gasteiger partial charge in [0.2, 0.25) is 5.91 Å². The minimum Gasteiger partial charge on any atom is -0.454 e. The van der Waals surface area contributed by atoms with Crippen molar-refractivity contribution in [3.8, 4) is 11.5 Å². The fourth-order valence-electron chi connectivity index (χ4n) is 3.87. The van der Waals surface area contributed by atoms with E-state index in [1.165, 1.54) is 13.2 Å². The second-order valence-corrected chi connectivity index (χ2v) is 7.53. The summed E-state index contributed by atoms with van der Waals surface area (Å²) in [6.45, 7) is 3.52. The summed E-state index contributed by atoms with van der Waals surface area (Å²) < 4.78 is 50.4. The predicted octanol–water partition coefficient (Wildman–Crippen LogP) is 4.07. The summed E-state index contributed by atoms with van der Waals surface area (Å²) in [4.78, 5) is 20.8. The monoisotopic (exact) mass is 433 g/mol. The highest BCUT2D eigenvalue weighted by atomic mass is 19.4. The third kappa shape index (κ3) is 4.23. The number of benzene rings is 2. The molecule has 9 heteroatoms. The smallest absolute Gasteiger partial charge is 0.416 e. The molecule has 1 atom stereocenters. The molecule has 164 valence electrons. The summed E-state index contributed by atoms with van der Waals surface area (Å²) >= 11 is 0. The minimum absolute atomic E-state index is 0.0247. The molecule has 0 N–H and O–H groups in total. The Kier molecular flexibility index (Phi) is 5.62. The van der Waals surface area contributed by atoms with Gasteiger partial charge >= 0.3 is 6.18 Å². The second kappa shape index (κ2) is 8.22. The molecular formula is C22H22F3N3O3. The van der Waals surface area contributed by atoms with E-state index >= 15 is 0 Å². The van der Waals surface area contributed by atoms with Crippen LogP contribution in [0, 0.1) is 0 Å². The summed E-state index contributed by atoms with van der Waals surface area (Å²) in [5.74, 6) is 1.02. The van der Waals surface area contributed by atoms with Crippen molar-refractivity contribution in [2.24, 2.45) is 4.99 Å². The number of piperazine rings is 1. The molecule has 1 unspecified atom stereocenters. The fraction of sp³-hybridized carbons (Fsp3) is 0.364. The van der Waals surface area contributed by atoms with E-state index in [9.17, 15) is 18.0 Å². The Morgan fingerprint density at radius 2 is 1.97 bits per heavy atom. The number of ether oxygens (including phenoxy) is 2. The van der Waals surface area contributed by atoms with Crippen LogP contribution in [0.1, 0.15) is 18.1 Å². The van der Waals surface area contributed by atoms with Crippen LogP contribution in [0.2, 0.25) is 0 Å². The molecule has 2 aromatic carbocycles. The Hall–Kier alpha value is -3.07. The van der Waals surface area contributed by atoms with Crippen LogP contribution in [0.4, 0.5) is 18.9 Å². The van der Waals surface area contributed by atoms with Gasteiger partial charge in [-0.1, -0.05) is 12.1 Å². The lowest BCUT2D eigenvalue weighted by Crippen LogP contribution is -2.56. The molecule has 0 spiro atoms. The predicted molar refractivity (Wildman–Crippen MR) is 109 cm³/mol. The van der Waals surface area contributed by atoms with Gasteiger partial charge in [-0.05, 0) is 37.3 Å². The number of aliphatic imine (C=N–C) groups is 1. The molecule has 1 fully saturated rings. The average Bonchev–Trinajstić information content (AvgIpc) is 2.89. The molecule has 2 heterocycles. The van der Waals surface area contributed by atoms with Gasteiger partial charge in [-0.15, -0.1) is 0 Å². The number of hydrogen-bond acceptors (Lipinski definition) is 5. The Bertz CT molecular complexity index is 1020. The van der Waals surface area contributed by atoms with Gasteiger partial charge in [0, 0.05) is 32.8 Å². The summed E-state index contributed by atoms with van der Waals surface area (Å²) in [7, 11) is 1.48. The third-order valence-electron chi connectivity index (χ3n) is 5.38. The number of carbonyl (C=O) groups excluding carboxylic acids is 1. The van der Waals surface area contributed by atoms with Gasteiger partial charge in [-0.2, -0.15) is 13.2 Å². The third-order valence-corrected chi connectivity index (χ3v) is 5.38. The first-order valence-corrected chi connectivity index (χ1v) is 9.88. The maximum Gasteiger partial charge on any atom is 0.416 e. The molecule has 0 saturated carbocycles. The molecule has 0 bridgehead atoms. The van der Waals surface area contributed by atoms with Crippen LogP contribution in [0.3, 0.4) is 0 Å². The lowest BCUT2D eigenvalue weighted by Gasteiger charge is -2.41. The van der Waals surface area contributed by atoms with Gasteiger partial charge < -0.3 is 19.3 Å². The summed E-state index contributed by atoms with van der Waals surface area (Å²) in [5, 5.41) is 0. The zero-order valence-corrected chi connectivity index (χ0v) is 17.1. The van der Waals surface area contributed by atoms with E-state index in [0.29, 0.717) is 42.5 Å². The van der Waals surface area contributed by atoms with Crippen molar-refractivity contribution in [3.05, 3.63) is 53.6 Å². The van der Waals surface area contributed by atoms with Crippen molar-refractivity contribution >= 4 is 17.4 Å². The van der Waals surface area contributed by atoms with E-state index in [-0.39, 0.29) is 24.3 Å². The van der Waals surface area contributed by atoms with Crippen LogP contribution < -0.4 is 4.74 Å². The summed E-state index contributed by atoms with van der Waals surface area (Å²) in [6.07, 6.45) is -4.47. The molecule has 2 aromatic rings. The van der Waals surface area contributed by atoms with E-state index < -0.39 is 11.7 Å². The van der Waals surface area contributed by atoms with Crippen LogP contribution in [0.25, 0.3) is 0 Å². The number of nitrogens with zero attached hydrogens (tertiary/aromatic N) is 3. The van der Waals surface area contributed by atoms with Crippen molar-refractivity contribution < 1.29 is 27.4 Å². The number of amides is 1. The Labute approximate surface area is 177 Å². The zero-order valence-electron chi connectivity index (χ0n) is 17.1. The molecular weight excluding hydrogens is 411 g/mol. The first-order valence-electron chi connectivity index (χ1n) is 9.88. The molecule has 0 aromatic heterocycles. The summed E-state index contributed by atoms with van der Waals surface area (Å²) in [6, 6.07) is 10.4. The lowest BCUT2D eigenvalue weighted by molar-refractivity contribution is -0.139. The quantitative estimate of drug-likeness (QED) is 0.717. The van der Waals surface area contributed by atoms with Crippen molar-refractivity contribution in [2.45, 2.75) is 19.1 Å². The highest BCUT2D eigenvalue weighted by Crippen LogP contribution is 2.42. The van der Waals surface area contributed by atoms with Crippen LogP contribution in [-0.2, 0) is 15.7 Å². The number of methoxy groups -OCH3 is 1. The number of halogens is 3. The van der Waals surface area contributed by atoms with Crippen molar-refractivity contribution in [1.82, 2.24) is 9.80 Å². The van der Waals surface area contributed by atoms with Crippen LogP contribution in [0.5, 0.6) is 11.5 Å². The van der Waals surface area contributed by atoms with Crippen LogP contribution in [0.15, 0.2) is 47.5 Å². The molecule has 31 heavy (non-hydrogen) atoms. The lowest BCUT2D eigenvalue weighted by atomic mass is 10.1. The maximum absolute atomic E-state index is 13.2. The van der Waals surface area contributed by atoms with Gasteiger partial charge in [0.1, 0.15) is 23.9 Å². The van der Waals surface area contributed by atoms with E-state index in [1.54, 1.807) is 17.0 Å². The average molecular weight is 433 g/mol. The number of hydrogen-bond donors (Lipinski definition) is 0. The number of amidine groups is 1. The molecule has 1 amide bonds. The SMILES string of the molecule is COCC(=O)N1CCN(C2=Nc3ccc(C(F)(F)F)cc3Oc3ccccc32)CC1C. The number of alkyl halides is 3. The number of rotatable bonds is 2. The fourth-order valence-corrected chi connectivity index (χ4v) is 3.87. The molecule has 2 aliphatic rings. The number of fused-ring (bicyclic) bond motifs is 2. The highest BCUT2D eigenvalue weighted by molar-refractivity contribution is 6.04. The number of carbonyl (C=O) groups is 1. The van der Waals surface area contributed by atoms with E-state index in [1.807, 2.05) is 24.0 Å². The zero-order chi connectivity index (χ0) is 22.2. The van der Waals surface area contributed by atoms with Crippen LogP contribution >= 0.6 is 0 Å². The molecule has 6 nitrogen and oxygen atoms in total. The van der Waals surface area contributed by atoms with Crippen molar-refractivity contribution in [3.63, 3.8) is 0 Å². The van der Waals surface area contributed by atoms with Crippen molar-refractivity contribution in [2.75, 3.05) is 33.4 Å². The Morgan fingerprint density at radius 3 is 2.68 bits per heavy atom. The van der Waals surface area contributed by atoms with Crippen molar-refractivity contribution in [1.29, 1.82) is 0 Å². The molecule has 2 aliphatic heterocycles. The topological polar surface area (TPSA) is 54.4 Å². The molecule has 1 saturated heterocycles. The first kappa shape index (κ1) is 21.2. The van der Waals surface area contributed by atoms with Gasteiger partial charge in [0.25, 0.3) is 0 Å². The van der Waals surface area contributed by atoms with Gasteiger partial charge in [-0.25, -0.2) is 4.99 Å². The van der Waals surface area contributed by atoms with Gasteiger partial charge in [0.05, 0.1) is 11.1 Å². The van der Waals surface area contributed by atoms with Gasteiger partial charge in [0.15, 0.2) is 5.75 Å². The summed E-state index contributed by atoms with van der Waals surface area (Å²) in [5.41, 5.74) is 0.224. The van der Waals surface area contributed by atoms with E-state index in [0.717, 1.165) is 12.1 Å². The minimum atomic E-state index is -4.47. The Morgan fingerprint density at radius 1 is 1.19 bits per heavy atom. The number of para-hydroxylation sites is 1. The standard InChI is InChI=1S/C22H22F3N3O3/c1-14-12-27(9-10-28(14)20(29)13-30-2)21-16-5-3-4-6-18(16)31-19-11-15(22(23,24)25)7-8-17(19)26-21/h3-8,11,14H,9-10,12-13H2,1-2H3. The molecule has 0 radical (unpaired) electrons. The first-order chi connectivity index (χ1) is 14.8. The maximum atomic E-state index is 13.2. The van der Waals surface area contributed by atoms with E-state index in [2.05, 4.69) is 0 Å². The highest BCUT2D eigenvalue weighted by Gasteiger charge is 2.34.